The maximum Gasteiger partial charge on any atom is 0.269 e. The SMILES string of the molecule is CN1CC=C2C(C#N)=C(N)C(C#N)(C#N)[C@H](c3cc([N+](=O)[O-])ccc3Cl)[C@H]2C1. The summed E-state index contributed by atoms with van der Waals surface area (Å²) in [7, 11) is 1.87. The number of nitro benzene ring substituents is 1. The molecular formula is C19H15ClN6O2. The van der Waals surface area contributed by atoms with Gasteiger partial charge in [-0.2, -0.15) is 15.8 Å². The van der Waals surface area contributed by atoms with E-state index in [9.17, 15) is 25.9 Å². The number of benzene rings is 1. The molecule has 8 nitrogen and oxygen atoms in total. The van der Waals surface area contributed by atoms with Crippen molar-refractivity contribution in [2.75, 3.05) is 20.1 Å². The smallest absolute Gasteiger partial charge is 0.269 e. The molecular weight excluding hydrogens is 380 g/mol. The summed E-state index contributed by atoms with van der Waals surface area (Å²) in [6, 6.07) is 9.93. The third-order valence-electron chi connectivity index (χ3n) is 5.37. The molecule has 2 aliphatic rings. The van der Waals surface area contributed by atoms with Gasteiger partial charge >= 0.3 is 0 Å². The zero-order chi connectivity index (χ0) is 20.6. The third kappa shape index (κ3) is 2.70. The summed E-state index contributed by atoms with van der Waals surface area (Å²) in [6.45, 7) is 1.02. The number of fused-ring (bicyclic) bond motifs is 1. The molecule has 0 radical (unpaired) electrons. The number of nitrogens with zero attached hydrogens (tertiary/aromatic N) is 5. The molecule has 3 rings (SSSR count). The number of hydrogen-bond acceptors (Lipinski definition) is 7. The fourth-order valence-electron chi connectivity index (χ4n) is 4.05. The Labute approximate surface area is 166 Å². The first-order valence-electron chi connectivity index (χ1n) is 8.36. The lowest BCUT2D eigenvalue weighted by molar-refractivity contribution is -0.384. The highest BCUT2D eigenvalue weighted by atomic mass is 35.5. The minimum Gasteiger partial charge on any atom is -0.399 e. The molecule has 0 amide bonds. The Morgan fingerprint density at radius 2 is 2.04 bits per heavy atom. The maximum absolute atomic E-state index is 11.3. The van der Waals surface area contributed by atoms with Crippen molar-refractivity contribution >= 4 is 17.3 Å². The van der Waals surface area contributed by atoms with Crippen molar-refractivity contribution in [3.63, 3.8) is 0 Å². The summed E-state index contributed by atoms with van der Waals surface area (Å²) in [6.07, 6.45) is 1.84. The van der Waals surface area contributed by atoms with Crippen molar-refractivity contribution in [3.8, 4) is 18.2 Å². The van der Waals surface area contributed by atoms with E-state index in [4.69, 9.17) is 17.3 Å². The molecule has 9 heteroatoms. The van der Waals surface area contributed by atoms with Crippen LogP contribution < -0.4 is 5.73 Å². The number of likely N-dealkylation sites (N-methyl/N-ethyl adjacent to an activating group) is 1. The number of nitrogens with two attached hydrogens (primary N) is 1. The first kappa shape index (κ1) is 19.4. The number of allylic oxidation sites excluding steroid dienone is 2. The van der Waals surface area contributed by atoms with Gasteiger partial charge in [-0.1, -0.05) is 17.7 Å². The van der Waals surface area contributed by atoms with E-state index >= 15 is 0 Å². The molecule has 1 heterocycles. The standard InChI is InChI=1S/C19H15ClN6O2/c1-25-5-4-12-14(7-21)18(24)19(9-22,10-23)17(15(12)8-25)13-6-11(26(27)28)2-3-16(13)20/h2-4,6,15,17H,5,8,24H2,1H3/t15-,17+/m0/s1. The van der Waals surface area contributed by atoms with Gasteiger partial charge in [-0.3, -0.25) is 10.1 Å². The van der Waals surface area contributed by atoms with E-state index in [2.05, 4.69) is 0 Å². The number of nitro groups is 1. The van der Waals surface area contributed by atoms with Crippen LogP contribution >= 0.6 is 11.6 Å². The molecule has 1 aromatic rings. The monoisotopic (exact) mass is 394 g/mol. The molecule has 1 aliphatic heterocycles. The lowest BCUT2D eigenvalue weighted by Crippen LogP contribution is -2.47. The molecule has 28 heavy (non-hydrogen) atoms. The zero-order valence-corrected chi connectivity index (χ0v) is 15.6. The Bertz CT molecular complexity index is 1040. The van der Waals surface area contributed by atoms with Gasteiger partial charge in [-0.05, 0) is 24.3 Å². The second kappa shape index (κ2) is 6.98. The van der Waals surface area contributed by atoms with Gasteiger partial charge in [0.1, 0.15) is 6.07 Å². The molecule has 1 aromatic carbocycles. The lowest BCUT2D eigenvalue weighted by atomic mass is 9.58. The van der Waals surface area contributed by atoms with Crippen LogP contribution in [0.5, 0.6) is 0 Å². The lowest BCUT2D eigenvalue weighted by Gasteiger charge is -2.45. The molecule has 0 saturated carbocycles. The fraction of sp³-hybridized carbons (Fsp3) is 0.316. The summed E-state index contributed by atoms with van der Waals surface area (Å²) in [5.74, 6) is -1.31. The Morgan fingerprint density at radius 1 is 1.36 bits per heavy atom. The highest BCUT2D eigenvalue weighted by Crippen LogP contribution is 2.55. The van der Waals surface area contributed by atoms with Crippen LogP contribution in [-0.4, -0.2) is 30.0 Å². The van der Waals surface area contributed by atoms with E-state index in [0.29, 0.717) is 24.2 Å². The molecule has 0 unspecified atom stereocenters. The van der Waals surface area contributed by atoms with Crippen LogP contribution in [0.25, 0.3) is 0 Å². The normalized spacial score (nSPS) is 23.6. The van der Waals surface area contributed by atoms with Crippen molar-refractivity contribution in [2.45, 2.75) is 5.92 Å². The predicted octanol–water partition coefficient (Wildman–Crippen LogP) is 2.60. The molecule has 2 atom stereocenters. The van der Waals surface area contributed by atoms with Crippen molar-refractivity contribution in [1.29, 1.82) is 15.8 Å². The molecule has 0 spiro atoms. The van der Waals surface area contributed by atoms with Crippen molar-refractivity contribution in [1.82, 2.24) is 4.90 Å². The fourth-order valence-corrected chi connectivity index (χ4v) is 4.29. The third-order valence-corrected chi connectivity index (χ3v) is 5.72. The van der Waals surface area contributed by atoms with E-state index in [0.717, 1.165) is 0 Å². The predicted molar refractivity (Wildman–Crippen MR) is 100 cm³/mol. The summed E-state index contributed by atoms with van der Waals surface area (Å²) >= 11 is 6.36. The Balaban J connectivity index is 2.39. The number of nitriles is 3. The molecule has 0 fully saturated rings. The Hall–Kier alpha value is -3.38. The average molecular weight is 395 g/mol. The van der Waals surface area contributed by atoms with Crippen molar-refractivity contribution in [3.05, 3.63) is 61.8 Å². The van der Waals surface area contributed by atoms with E-state index < -0.39 is 22.2 Å². The average Bonchev–Trinajstić information content (AvgIpc) is 2.68. The highest BCUT2D eigenvalue weighted by Gasteiger charge is 2.55. The van der Waals surface area contributed by atoms with Crippen LogP contribution in [-0.2, 0) is 0 Å². The van der Waals surface area contributed by atoms with Crippen LogP contribution in [0.2, 0.25) is 5.02 Å². The van der Waals surface area contributed by atoms with Gasteiger partial charge in [0.2, 0.25) is 0 Å². The van der Waals surface area contributed by atoms with Gasteiger partial charge in [0.05, 0.1) is 28.3 Å². The van der Waals surface area contributed by atoms with E-state index in [1.165, 1.54) is 18.2 Å². The zero-order valence-electron chi connectivity index (χ0n) is 14.9. The number of halogens is 1. The summed E-state index contributed by atoms with van der Waals surface area (Å²) in [4.78, 5) is 12.7. The maximum atomic E-state index is 11.3. The first-order valence-corrected chi connectivity index (χ1v) is 8.74. The molecule has 2 N–H and O–H groups in total. The van der Waals surface area contributed by atoms with Gasteiger partial charge in [0, 0.05) is 42.1 Å². The van der Waals surface area contributed by atoms with Crippen molar-refractivity contribution in [2.24, 2.45) is 17.1 Å². The molecule has 1 aliphatic carbocycles. The first-order chi connectivity index (χ1) is 13.3. The molecule has 0 saturated heterocycles. The minimum absolute atomic E-state index is 0.124. The van der Waals surface area contributed by atoms with E-state index in [1.807, 2.05) is 36.2 Å². The largest absolute Gasteiger partial charge is 0.399 e. The van der Waals surface area contributed by atoms with Gasteiger partial charge in [0.15, 0.2) is 5.41 Å². The van der Waals surface area contributed by atoms with Crippen LogP contribution in [0.1, 0.15) is 11.5 Å². The second-order valence-corrected chi connectivity index (χ2v) is 7.27. The topological polar surface area (TPSA) is 144 Å². The quantitative estimate of drug-likeness (QED) is 0.599. The van der Waals surface area contributed by atoms with Gasteiger partial charge in [-0.15, -0.1) is 0 Å². The number of hydrogen-bond donors (Lipinski definition) is 1. The van der Waals surface area contributed by atoms with Gasteiger partial charge in [0.25, 0.3) is 5.69 Å². The van der Waals surface area contributed by atoms with E-state index in [-0.39, 0.29) is 22.0 Å². The van der Waals surface area contributed by atoms with Crippen LogP contribution in [0.3, 0.4) is 0 Å². The van der Waals surface area contributed by atoms with E-state index in [1.54, 1.807) is 0 Å². The van der Waals surface area contributed by atoms with Crippen molar-refractivity contribution < 1.29 is 4.92 Å². The highest BCUT2D eigenvalue weighted by molar-refractivity contribution is 6.31. The van der Waals surface area contributed by atoms with Crippen LogP contribution in [0.4, 0.5) is 5.69 Å². The molecule has 0 aromatic heterocycles. The Morgan fingerprint density at radius 3 is 2.61 bits per heavy atom. The molecule has 0 bridgehead atoms. The van der Waals surface area contributed by atoms with Crippen LogP contribution in [0, 0.1) is 55.4 Å². The van der Waals surface area contributed by atoms with Gasteiger partial charge < -0.3 is 10.6 Å². The molecule has 140 valence electrons. The van der Waals surface area contributed by atoms with Crippen LogP contribution in [0.15, 0.2) is 41.1 Å². The number of non-ortho nitro benzene ring substituents is 1. The van der Waals surface area contributed by atoms with Gasteiger partial charge in [-0.25, -0.2) is 0 Å². The summed E-state index contributed by atoms with van der Waals surface area (Å²) in [5, 5.41) is 41.1. The Kier molecular flexibility index (Phi) is 4.83. The second-order valence-electron chi connectivity index (χ2n) is 6.86. The minimum atomic E-state index is -1.87. The number of rotatable bonds is 2. The summed E-state index contributed by atoms with van der Waals surface area (Å²) in [5.41, 5.74) is 5.04. The summed E-state index contributed by atoms with van der Waals surface area (Å²) < 4.78 is 0.